The standard InChI is InChI=1S/C18H35O/c1-3-4-5-6-7-8-9-10-11-12-13-14-15-16-18(2)17-19/h18H,3-16H2,1-2H3. The Bertz CT molecular complexity index is 177. The van der Waals surface area contributed by atoms with Gasteiger partial charge in [0, 0.05) is 5.92 Å². The van der Waals surface area contributed by atoms with Gasteiger partial charge in [-0.15, -0.1) is 0 Å². The third-order valence-corrected chi connectivity index (χ3v) is 3.94. The van der Waals surface area contributed by atoms with Crippen LogP contribution in [0, 0.1) is 5.92 Å². The van der Waals surface area contributed by atoms with Crippen LogP contribution in [0.5, 0.6) is 0 Å². The Labute approximate surface area is 121 Å². The van der Waals surface area contributed by atoms with Crippen molar-refractivity contribution in [2.24, 2.45) is 5.92 Å². The minimum Gasteiger partial charge on any atom is -0.291 e. The van der Waals surface area contributed by atoms with E-state index in [9.17, 15) is 4.79 Å². The molecule has 0 spiro atoms. The van der Waals surface area contributed by atoms with Crippen LogP contribution in [0.1, 0.15) is 104 Å². The zero-order chi connectivity index (χ0) is 14.2. The molecule has 0 bridgehead atoms. The van der Waals surface area contributed by atoms with Crippen LogP contribution >= 0.6 is 0 Å². The first-order chi connectivity index (χ1) is 9.31. The van der Waals surface area contributed by atoms with E-state index in [1.165, 1.54) is 83.5 Å². The van der Waals surface area contributed by atoms with Crippen molar-refractivity contribution >= 4 is 6.29 Å². The summed E-state index contributed by atoms with van der Waals surface area (Å²) in [5.74, 6) is 0.146. The molecule has 0 heterocycles. The van der Waals surface area contributed by atoms with Crippen molar-refractivity contribution in [1.29, 1.82) is 0 Å². The highest BCUT2D eigenvalue weighted by molar-refractivity contribution is 5.53. The summed E-state index contributed by atoms with van der Waals surface area (Å²) in [5, 5.41) is 0. The van der Waals surface area contributed by atoms with E-state index in [1.807, 2.05) is 6.92 Å². The fraction of sp³-hybridized carbons (Fsp3) is 0.944. The van der Waals surface area contributed by atoms with Crippen molar-refractivity contribution in [2.75, 3.05) is 0 Å². The maximum absolute atomic E-state index is 10.3. The van der Waals surface area contributed by atoms with Crippen molar-refractivity contribution in [3.63, 3.8) is 0 Å². The molecule has 0 N–H and O–H groups in total. The largest absolute Gasteiger partial charge is 0.291 e. The fourth-order valence-electron chi connectivity index (χ4n) is 2.53. The van der Waals surface area contributed by atoms with Crippen LogP contribution in [-0.4, -0.2) is 6.29 Å². The van der Waals surface area contributed by atoms with E-state index in [4.69, 9.17) is 0 Å². The van der Waals surface area contributed by atoms with Gasteiger partial charge >= 0.3 is 0 Å². The van der Waals surface area contributed by atoms with Gasteiger partial charge in [0.25, 0.3) is 0 Å². The van der Waals surface area contributed by atoms with Gasteiger partial charge in [-0.2, -0.15) is 0 Å². The first kappa shape index (κ1) is 18.7. The summed E-state index contributed by atoms with van der Waals surface area (Å²) < 4.78 is 0. The van der Waals surface area contributed by atoms with E-state index in [-0.39, 0.29) is 5.92 Å². The van der Waals surface area contributed by atoms with Crippen LogP contribution in [0.3, 0.4) is 0 Å². The summed E-state index contributed by atoms with van der Waals surface area (Å²) in [4.78, 5) is 10.3. The Kier molecular flexibility index (Phi) is 15.5. The Hall–Kier alpha value is -0.330. The van der Waals surface area contributed by atoms with Gasteiger partial charge in [0.2, 0.25) is 6.29 Å². The molecule has 1 nitrogen and oxygen atoms in total. The second-order valence-corrected chi connectivity index (χ2v) is 6.05. The Morgan fingerprint density at radius 3 is 1.42 bits per heavy atom. The Morgan fingerprint density at radius 2 is 1.05 bits per heavy atom. The molecule has 0 amide bonds. The highest BCUT2D eigenvalue weighted by Crippen LogP contribution is 2.13. The topological polar surface area (TPSA) is 17.1 Å². The van der Waals surface area contributed by atoms with Crippen molar-refractivity contribution in [1.82, 2.24) is 0 Å². The number of rotatable bonds is 15. The van der Waals surface area contributed by atoms with Gasteiger partial charge in [-0.3, -0.25) is 4.79 Å². The van der Waals surface area contributed by atoms with Crippen LogP contribution in [0.4, 0.5) is 0 Å². The molecule has 0 aliphatic heterocycles. The summed E-state index contributed by atoms with van der Waals surface area (Å²) in [6.45, 7) is 4.24. The average molecular weight is 267 g/mol. The van der Waals surface area contributed by atoms with Crippen LogP contribution in [0.15, 0.2) is 0 Å². The third-order valence-electron chi connectivity index (χ3n) is 3.94. The minimum atomic E-state index is 0.146. The van der Waals surface area contributed by atoms with E-state index in [0.29, 0.717) is 0 Å². The van der Waals surface area contributed by atoms with Crippen LogP contribution in [-0.2, 0) is 4.79 Å². The van der Waals surface area contributed by atoms with Crippen molar-refractivity contribution in [3.8, 4) is 0 Å². The molecule has 1 heteroatoms. The normalized spacial score (nSPS) is 12.5. The lowest BCUT2D eigenvalue weighted by molar-refractivity contribution is 0.497. The molecule has 0 saturated heterocycles. The maximum Gasteiger partial charge on any atom is 0.201 e. The highest BCUT2D eigenvalue weighted by atomic mass is 16.1. The molecule has 0 aromatic rings. The molecule has 0 saturated carbocycles. The Balaban J connectivity index is 2.97. The maximum atomic E-state index is 10.3. The van der Waals surface area contributed by atoms with Gasteiger partial charge < -0.3 is 0 Å². The van der Waals surface area contributed by atoms with Crippen LogP contribution in [0.25, 0.3) is 0 Å². The second-order valence-electron chi connectivity index (χ2n) is 6.05. The summed E-state index contributed by atoms with van der Waals surface area (Å²) in [6.07, 6.45) is 21.1. The molecule has 1 atom stereocenters. The molecule has 113 valence electrons. The Morgan fingerprint density at radius 1 is 0.684 bits per heavy atom. The van der Waals surface area contributed by atoms with Crippen LogP contribution in [0.2, 0.25) is 0 Å². The van der Waals surface area contributed by atoms with Crippen molar-refractivity contribution in [3.05, 3.63) is 0 Å². The lowest BCUT2D eigenvalue weighted by Crippen LogP contribution is -1.94. The molecule has 0 aliphatic rings. The molecular weight excluding hydrogens is 232 g/mol. The quantitative estimate of drug-likeness (QED) is 0.322. The predicted octanol–water partition coefficient (Wildman–Crippen LogP) is 6.21. The van der Waals surface area contributed by atoms with Gasteiger partial charge in [0.05, 0.1) is 0 Å². The highest BCUT2D eigenvalue weighted by Gasteiger charge is 1.99. The van der Waals surface area contributed by atoms with Gasteiger partial charge in [-0.25, -0.2) is 0 Å². The molecule has 0 fully saturated rings. The first-order valence-corrected chi connectivity index (χ1v) is 8.69. The summed E-state index contributed by atoms with van der Waals surface area (Å²) in [6, 6.07) is 0. The molecule has 0 rings (SSSR count). The minimum absolute atomic E-state index is 0.146. The summed E-state index contributed by atoms with van der Waals surface area (Å²) in [5.41, 5.74) is 0. The number of carbonyl (C=O) groups excluding carboxylic acids is 1. The van der Waals surface area contributed by atoms with E-state index in [2.05, 4.69) is 13.2 Å². The molecule has 0 aromatic carbocycles. The zero-order valence-corrected chi connectivity index (χ0v) is 13.4. The third kappa shape index (κ3) is 15.6. The van der Waals surface area contributed by atoms with E-state index >= 15 is 0 Å². The smallest absolute Gasteiger partial charge is 0.201 e. The molecule has 19 heavy (non-hydrogen) atoms. The lowest BCUT2D eigenvalue weighted by atomic mass is 10.0. The van der Waals surface area contributed by atoms with E-state index in [0.717, 1.165) is 6.42 Å². The van der Waals surface area contributed by atoms with Gasteiger partial charge in [0.15, 0.2) is 0 Å². The lowest BCUT2D eigenvalue weighted by Gasteiger charge is -2.04. The number of hydrogen-bond acceptors (Lipinski definition) is 1. The van der Waals surface area contributed by atoms with Crippen molar-refractivity contribution in [2.45, 2.75) is 104 Å². The van der Waals surface area contributed by atoms with Crippen molar-refractivity contribution < 1.29 is 4.79 Å². The summed E-state index contributed by atoms with van der Waals surface area (Å²) >= 11 is 0. The molecular formula is C18H35O. The van der Waals surface area contributed by atoms with Gasteiger partial charge in [-0.1, -0.05) is 97.3 Å². The number of unbranched alkanes of at least 4 members (excludes halogenated alkanes) is 12. The SMILES string of the molecule is CCCCCCCCCCCCCCCC(C)[C]=O. The van der Waals surface area contributed by atoms with E-state index < -0.39 is 0 Å². The second kappa shape index (κ2) is 15.7. The van der Waals surface area contributed by atoms with Gasteiger partial charge in [0.1, 0.15) is 0 Å². The first-order valence-electron chi connectivity index (χ1n) is 8.69. The summed E-state index contributed by atoms with van der Waals surface area (Å²) in [7, 11) is 0. The monoisotopic (exact) mass is 267 g/mol. The van der Waals surface area contributed by atoms with Gasteiger partial charge in [-0.05, 0) is 6.42 Å². The molecule has 0 aromatic heterocycles. The molecule has 0 aliphatic carbocycles. The average Bonchev–Trinajstić information content (AvgIpc) is 2.43. The molecule has 1 unspecified atom stereocenters. The van der Waals surface area contributed by atoms with E-state index in [1.54, 1.807) is 0 Å². The zero-order valence-electron chi connectivity index (χ0n) is 13.4. The number of hydrogen-bond donors (Lipinski definition) is 0. The fourth-order valence-corrected chi connectivity index (χ4v) is 2.53. The predicted molar refractivity (Wildman–Crippen MR) is 85.2 cm³/mol. The van der Waals surface area contributed by atoms with Crippen LogP contribution < -0.4 is 0 Å². The molecule has 1 radical (unpaired) electrons.